The van der Waals surface area contributed by atoms with Crippen molar-refractivity contribution in [2.24, 2.45) is 0 Å². The quantitative estimate of drug-likeness (QED) is 0.500. The van der Waals surface area contributed by atoms with Crippen LogP contribution in [-0.2, 0) is 4.74 Å². The number of hydrogen-bond donors (Lipinski definition) is 1. The van der Waals surface area contributed by atoms with Gasteiger partial charge in [-0.2, -0.15) is 0 Å². The summed E-state index contributed by atoms with van der Waals surface area (Å²) in [5.74, 6) is -0.223. The van der Waals surface area contributed by atoms with Gasteiger partial charge in [-0.1, -0.05) is 51.7 Å². The molecule has 0 spiro atoms. The molecule has 1 rings (SSSR count). The zero-order chi connectivity index (χ0) is 14.6. The summed E-state index contributed by atoms with van der Waals surface area (Å²) >= 11 is 0. The van der Waals surface area contributed by atoms with Crippen molar-refractivity contribution in [1.82, 2.24) is 0 Å². The Balaban J connectivity index is 2.48. The molecule has 20 heavy (non-hydrogen) atoms. The molecule has 3 nitrogen and oxygen atoms in total. The first kappa shape index (κ1) is 16.5. The van der Waals surface area contributed by atoms with E-state index in [0.29, 0.717) is 12.2 Å². The number of carbonyl (C=O) groups excluding carboxylic acids is 1. The molecule has 0 unspecified atom stereocenters. The second-order valence-electron chi connectivity index (χ2n) is 5.02. The van der Waals surface area contributed by atoms with Gasteiger partial charge in [-0.05, 0) is 25.0 Å². The lowest BCUT2D eigenvalue weighted by molar-refractivity contribution is 0.0499. The molecule has 3 heteroatoms. The first-order chi connectivity index (χ1) is 9.79. The van der Waals surface area contributed by atoms with E-state index in [0.717, 1.165) is 37.9 Å². The van der Waals surface area contributed by atoms with Crippen LogP contribution in [0.5, 0.6) is 0 Å². The molecular formula is C17H27NO2. The Morgan fingerprint density at radius 2 is 1.75 bits per heavy atom. The number of hydrogen-bond acceptors (Lipinski definition) is 3. The molecule has 0 aromatic heterocycles. The van der Waals surface area contributed by atoms with Crippen molar-refractivity contribution in [1.29, 1.82) is 0 Å². The molecule has 1 N–H and O–H groups in total. The fraction of sp³-hybridized carbons (Fsp3) is 0.588. The summed E-state index contributed by atoms with van der Waals surface area (Å²) in [5, 5.41) is 3.33. The molecule has 0 atom stereocenters. The Hall–Kier alpha value is -1.51. The largest absolute Gasteiger partial charge is 0.462 e. The van der Waals surface area contributed by atoms with Crippen LogP contribution in [0.2, 0.25) is 0 Å². The van der Waals surface area contributed by atoms with E-state index in [-0.39, 0.29) is 5.97 Å². The lowest BCUT2D eigenvalue weighted by atomic mass is 10.1. The predicted molar refractivity (Wildman–Crippen MR) is 84.3 cm³/mol. The summed E-state index contributed by atoms with van der Waals surface area (Å²) in [4.78, 5) is 12.1. The highest BCUT2D eigenvalue weighted by atomic mass is 16.5. The summed E-state index contributed by atoms with van der Waals surface area (Å²) < 4.78 is 5.32. The van der Waals surface area contributed by atoms with Crippen LogP contribution in [-0.4, -0.2) is 19.1 Å². The minimum absolute atomic E-state index is 0.223. The highest BCUT2D eigenvalue weighted by Gasteiger charge is 2.11. The summed E-state index contributed by atoms with van der Waals surface area (Å²) in [5.41, 5.74) is 1.52. The first-order valence-corrected chi connectivity index (χ1v) is 7.79. The van der Waals surface area contributed by atoms with Gasteiger partial charge >= 0.3 is 5.97 Å². The number of unbranched alkanes of at least 4 members (excludes halogenated alkanes) is 4. The number of anilines is 1. The van der Waals surface area contributed by atoms with Gasteiger partial charge in [-0.15, -0.1) is 0 Å². The van der Waals surface area contributed by atoms with Gasteiger partial charge in [0, 0.05) is 12.2 Å². The molecule has 0 amide bonds. The van der Waals surface area contributed by atoms with Crippen molar-refractivity contribution in [3.63, 3.8) is 0 Å². The first-order valence-electron chi connectivity index (χ1n) is 7.79. The molecule has 112 valence electrons. The average Bonchev–Trinajstić information content (AvgIpc) is 2.48. The Morgan fingerprint density at radius 3 is 2.50 bits per heavy atom. The van der Waals surface area contributed by atoms with Crippen LogP contribution in [0.4, 0.5) is 5.69 Å². The minimum Gasteiger partial charge on any atom is -0.462 e. The number of nitrogens with one attached hydrogen (secondary N) is 1. The topological polar surface area (TPSA) is 38.3 Å². The molecule has 0 radical (unpaired) electrons. The van der Waals surface area contributed by atoms with Crippen LogP contribution in [0.1, 0.15) is 62.7 Å². The zero-order valence-electron chi connectivity index (χ0n) is 12.8. The molecule has 0 heterocycles. The lowest BCUT2D eigenvalue weighted by Gasteiger charge is -2.11. The molecule has 0 aliphatic rings. The summed E-state index contributed by atoms with van der Waals surface area (Å²) in [6.07, 6.45) is 6.70. The normalized spacial score (nSPS) is 10.3. The number of ether oxygens (including phenoxy) is 1. The minimum atomic E-state index is -0.223. The zero-order valence-corrected chi connectivity index (χ0v) is 12.8. The second kappa shape index (κ2) is 10.3. The maximum Gasteiger partial charge on any atom is 0.340 e. The van der Waals surface area contributed by atoms with E-state index in [1.807, 2.05) is 24.3 Å². The van der Waals surface area contributed by atoms with Gasteiger partial charge in [0.1, 0.15) is 0 Å². The van der Waals surface area contributed by atoms with Gasteiger partial charge in [0.15, 0.2) is 0 Å². The summed E-state index contributed by atoms with van der Waals surface area (Å²) in [6, 6.07) is 7.58. The fourth-order valence-corrected chi connectivity index (χ4v) is 2.01. The molecule has 1 aromatic rings. The monoisotopic (exact) mass is 277 g/mol. The SMILES string of the molecule is CCCCCNc1ccccc1C(=O)OCCCCC. The van der Waals surface area contributed by atoms with Gasteiger partial charge in [-0.25, -0.2) is 4.79 Å². The van der Waals surface area contributed by atoms with E-state index in [9.17, 15) is 4.79 Å². The molecule has 0 fully saturated rings. The van der Waals surface area contributed by atoms with Crippen molar-refractivity contribution in [3.05, 3.63) is 29.8 Å². The van der Waals surface area contributed by atoms with Crippen molar-refractivity contribution in [2.45, 2.75) is 52.4 Å². The Labute approximate surface area is 122 Å². The second-order valence-corrected chi connectivity index (χ2v) is 5.02. The van der Waals surface area contributed by atoms with Crippen LogP contribution in [0.25, 0.3) is 0 Å². The molecule has 0 saturated heterocycles. The van der Waals surface area contributed by atoms with Gasteiger partial charge in [0.2, 0.25) is 0 Å². The van der Waals surface area contributed by atoms with Crippen LogP contribution in [0.15, 0.2) is 24.3 Å². The lowest BCUT2D eigenvalue weighted by Crippen LogP contribution is -2.11. The Kier molecular flexibility index (Phi) is 8.52. The van der Waals surface area contributed by atoms with E-state index in [1.54, 1.807) is 0 Å². The van der Waals surface area contributed by atoms with Crippen LogP contribution in [0, 0.1) is 0 Å². The standard InChI is InChI=1S/C17H27NO2/c1-3-5-9-13-18-16-12-8-7-11-15(16)17(19)20-14-10-6-4-2/h7-8,11-12,18H,3-6,9-10,13-14H2,1-2H3. The van der Waals surface area contributed by atoms with Gasteiger partial charge in [0.25, 0.3) is 0 Å². The third kappa shape index (κ3) is 6.09. The van der Waals surface area contributed by atoms with Crippen LogP contribution >= 0.6 is 0 Å². The highest BCUT2D eigenvalue weighted by molar-refractivity contribution is 5.95. The van der Waals surface area contributed by atoms with E-state index in [1.165, 1.54) is 12.8 Å². The van der Waals surface area contributed by atoms with E-state index >= 15 is 0 Å². The van der Waals surface area contributed by atoms with Crippen molar-refractivity contribution >= 4 is 11.7 Å². The van der Waals surface area contributed by atoms with Crippen LogP contribution in [0.3, 0.4) is 0 Å². The third-order valence-electron chi connectivity index (χ3n) is 3.22. The number of carbonyl (C=O) groups is 1. The summed E-state index contributed by atoms with van der Waals surface area (Å²) in [7, 11) is 0. The summed E-state index contributed by atoms with van der Waals surface area (Å²) in [6.45, 7) is 5.73. The van der Waals surface area contributed by atoms with Gasteiger partial charge < -0.3 is 10.1 Å². The smallest absolute Gasteiger partial charge is 0.340 e. The Bertz CT molecular complexity index is 390. The number of rotatable bonds is 10. The third-order valence-corrected chi connectivity index (χ3v) is 3.22. The number of para-hydroxylation sites is 1. The fourth-order valence-electron chi connectivity index (χ4n) is 2.01. The number of esters is 1. The molecule has 0 aliphatic carbocycles. The highest BCUT2D eigenvalue weighted by Crippen LogP contribution is 2.16. The number of benzene rings is 1. The van der Waals surface area contributed by atoms with Crippen molar-refractivity contribution in [3.8, 4) is 0 Å². The molecule has 0 bridgehead atoms. The van der Waals surface area contributed by atoms with Gasteiger partial charge in [0.05, 0.1) is 12.2 Å². The van der Waals surface area contributed by atoms with E-state index < -0.39 is 0 Å². The van der Waals surface area contributed by atoms with E-state index in [2.05, 4.69) is 19.2 Å². The molecule has 0 aliphatic heterocycles. The van der Waals surface area contributed by atoms with Crippen molar-refractivity contribution in [2.75, 3.05) is 18.5 Å². The molecule has 1 aromatic carbocycles. The molecule has 0 saturated carbocycles. The maximum atomic E-state index is 12.1. The molecular weight excluding hydrogens is 250 g/mol. The average molecular weight is 277 g/mol. The van der Waals surface area contributed by atoms with Crippen LogP contribution < -0.4 is 5.32 Å². The van der Waals surface area contributed by atoms with E-state index in [4.69, 9.17) is 4.74 Å². The van der Waals surface area contributed by atoms with Crippen molar-refractivity contribution < 1.29 is 9.53 Å². The Morgan fingerprint density at radius 1 is 1.05 bits per heavy atom. The van der Waals surface area contributed by atoms with Gasteiger partial charge in [-0.3, -0.25) is 0 Å². The maximum absolute atomic E-state index is 12.1. The predicted octanol–water partition coefficient (Wildman–Crippen LogP) is 4.64.